The lowest BCUT2D eigenvalue weighted by molar-refractivity contribution is 0.414. The van der Waals surface area contributed by atoms with E-state index in [9.17, 15) is 0 Å². The number of nitrogens with one attached hydrogen (secondary N) is 1. The van der Waals surface area contributed by atoms with Crippen LogP contribution in [0, 0.1) is 0 Å². The molecule has 0 bridgehead atoms. The molecule has 2 aromatic carbocycles. The summed E-state index contributed by atoms with van der Waals surface area (Å²) in [7, 11) is 3.63. The molecular formula is C21H23NO. The Balaban J connectivity index is 2.73. The lowest BCUT2D eigenvalue weighted by atomic mass is 9.76. The van der Waals surface area contributed by atoms with Crippen molar-refractivity contribution in [1.29, 1.82) is 0 Å². The lowest BCUT2D eigenvalue weighted by Gasteiger charge is -2.36. The molecule has 23 heavy (non-hydrogen) atoms. The first-order valence-electron chi connectivity index (χ1n) is 7.57. The van der Waals surface area contributed by atoms with Crippen molar-refractivity contribution in [2.75, 3.05) is 14.2 Å². The first-order chi connectivity index (χ1) is 11.2. The Morgan fingerprint density at radius 2 is 1.61 bits per heavy atom. The number of methoxy groups -OCH3 is 1. The van der Waals surface area contributed by atoms with Crippen molar-refractivity contribution < 1.29 is 4.74 Å². The minimum atomic E-state index is -0.497. The zero-order valence-corrected chi connectivity index (χ0v) is 13.8. The van der Waals surface area contributed by atoms with Gasteiger partial charge in [-0.1, -0.05) is 73.9 Å². The van der Waals surface area contributed by atoms with Crippen molar-refractivity contribution in [1.82, 2.24) is 5.32 Å². The van der Waals surface area contributed by atoms with Crippen LogP contribution in [0.5, 0.6) is 5.75 Å². The largest absolute Gasteiger partial charge is 0.497 e. The fraction of sp³-hybridized carbons (Fsp3) is 0.143. The van der Waals surface area contributed by atoms with Gasteiger partial charge in [-0.05, 0) is 35.9 Å². The van der Waals surface area contributed by atoms with Crippen molar-refractivity contribution in [2.45, 2.75) is 5.54 Å². The number of hydrogen-bond donors (Lipinski definition) is 1. The summed E-state index contributed by atoms with van der Waals surface area (Å²) >= 11 is 0. The zero-order chi connectivity index (χ0) is 16.7. The molecule has 0 aliphatic carbocycles. The lowest BCUT2D eigenvalue weighted by Crippen LogP contribution is -2.42. The van der Waals surface area contributed by atoms with Crippen molar-refractivity contribution in [3.63, 3.8) is 0 Å². The molecule has 2 aromatic rings. The second-order valence-electron chi connectivity index (χ2n) is 5.16. The summed E-state index contributed by atoms with van der Waals surface area (Å²) in [6.07, 6.45) is 5.64. The van der Waals surface area contributed by atoms with Crippen LogP contribution in [0.1, 0.15) is 11.1 Å². The molecule has 2 heteroatoms. The van der Waals surface area contributed by atoms with Crippen LogP contribution < -0.4 is 10.1 Å². The minimum Gasteiger partial charge on any atom is -0.497 e. The minimum absolute atomic E-state index is 0.497. The molecule has 2 rings (SSSR count). The average molecular weight is 305 g/mol. The maximum Gasteiger partial charge on any atom is 0.118 e. The summed E-state index contributed by atoms with van der Waals surface area (Å²) in [4.78, 5) is 0. The molecule has 0 spiro atoms. The summed E-state index contributed by atoms with van der Waals surface area (Å²) in [5.74, 6) is 0.833. The van der Waals surface area contributed by atoms with E-state index in [-0.39, 0.29) is 0 Å². The van der Waals surface area contributed by atoms with E-state index in [4.69, 9.17) is 4.74 Å². The van der Waals surface area contributed by atoms with E-state index in [0.717, 1.165) is 22.4 Å². The molecule has 1 atom stereocenters. The highest BCUT2D eigenvalue weighted by Crippen LogP contribution is 2.37. The molecule has 0 saturated heterocycles. The highest BCUT2D eigenvalue weighted by atomic mass is 16.5. The molecule has 0 amide bonds. The Morgan fingerprint density at radius 3 is 2.09 bits per heavy atom. The quantitative estimate of drug-likeness (QED) is 0.763. The number of hydrogen-bond acceptors (Lipinski definition) is 2. The van der Waals surface area contributed by atoms with Gasteiger partial charge in [0.15, 0.2) is 0 Å². The van der Waals surface area contributed by atoms with E-state index in [1.165, 1.54) is 0 Å². The van der Waals surface area contributed by atoms with Gasteiger partial charge in [-0.3, -0.25) is 0 Å². The molecule has 2 nitrogen and oxygen atoms in total. The predicted molar refractivity (Wildman–Crippen MR) is 97.8 cm³/mol. The van der Waals surface area contributed by atoms with Crippen LogP contribution in [-0.2, 0) is 5.54 Å². The Kier molecular flexibility index (Phi) is 5.56. The molecule has 0 saturated carbocycles. The molecule has 0 fully saturated rings. The Labute approximate surface area is 138 Å². The van der Waals surface area contributed by atoms with Gasteiger partial charge < -0.3 is 10.1 Å². The van der Waals surface area contributed by atoms with Crippen LogP contribution in [0.25, 0.3) is 0 Å². The molecule has 0 aromatic heterocycles. The number of likely N-dealkylation sites (N-methyl/N-ethyl adjacent to an activating group) is 1. The van der Waals surface area contributed by atoms with Gasteiger partial charge in [-0.2, -0.15) is 0 Å². The number of allylic oxidation sites excluding steroid dienone is 2. The van der Waals surface area contributed by atoms with Crippen LogP contribution in [0.2, 0.25) is 0 Å². The maximum absolute atomic E-state index is 5.28. The second kappa shape index (κ2) is 7.61. The summed E-state index contributed by atoms with van der Waals surface area (Å²) in [5.41, 5.74) is 2.79. The molecule has 0 aliphatic rings. The van der Waals surface area contributed by atoms with Gasteiger partial charge in [0.05, 0.1) is 12.6 Å². The Bertz CT molecular complexity index is 686. The van der Waals surface area contributed by atoms with Crippen LogP contribution in [0.3, 0.4) is 0 Å². The van der Waals surface area contributed by atoms with Crippen molar-refractivity contribution in [3.8, 4) is 5.75 Å². The van der Waals surface area contributed by atoms with Crippen LogP contribution in [0.4, 0.5) is 0 Å². The number of ether oxygens (including phenoxy) is 1. The fourth-order valence-electron chi connectivity index (χ4n) is 2.94. The van der Waals surface area contributed by atoms with E-state index < -0.39 is 5.54 Å². The van der Waals surface area contributed by atoms with Crippen molar-refractivity contribution in [3.05, 3.63) is 103 Å². The summed E-state index contributed by atoms with van der Waals surface area (Å²) in [5, 5.41) is 3.49. The topological polar surface area (TPSA) is 21.3 Å². The predicted octanol–water partition coefficient (Wildman–Crippen LogP) is 4.46. The molecule has 1 N–H and O–H groups in total. The zero-order valence-electron chi connectivity index (χ0n) is 13.8. The van der Waals surface area contributed by atoms with Gasteiger partial charge in [0.25, 0.3) is 0 Å². The third-order valence-corrected chi connectivity index (χ3v) is 4.06. The molecule has 118 valence electrons. The third-order valence-electron chi connectivity index (χ3n) is 4.06. The Hall–Kier alpha value is -2.58. The maximum atomic E-state index is 5.28. The molecule has 0 aliphatic heterocycles. The van der Waals surface area contributed by atoms with E-state index in [0.29, 0.717) is 0 Å². The summed E-state index contributed by atoms with van der Waals surface area (Å²) in [6, 6.07) is 18.4. The van der Waals surface area contributed by atoms with Gasteiger partial charge in [-0.25, -0.2) is 0 Å². The summed E-state index contributed by atoms with van der Waals surface area (Å²) in [6.45, 7) is 7.84. The van der Waals surface area contributed by atoms with Gasteiger partial charge in [0.2, 0.25) is 0 Å². The highest BCUT2D eigenvalue weighted by molar-refractivity contribution is 5.52. The third kappa shape index (κ3) is 3.13. The molecule has 0 heterocycles. The number of rotatable bonds is 7. The van der Waals surface area contributed by atoms with E-state index in [1.807, 2.05) is 49.5 Å². The average Bonchev–Trinajstić information content (AvgIpc) is 2.63. The molecule has 1 unspecified atom stereocenters. The van der Waals surface area contributed by atoms with Crippen LogP contribution in [-0.4, -0.2) is 14.2 Å². The SMILES string of the molecule is C=C/C=C(\C=C)C(NC)(c1ccccc1)c1ccc(OC)cc1. The normalized spacial score (nSPS) is 13.9. The van der Waals surface area contributed by atoms with Crippen molar-refractivity contribution in [2.24, 2.45) is 0 Å². The monoisotopic (exact) mass is 305 g/mol. The van der Waals surface area contributed by atoms with Gasteiger partial charge in [-0.15, -0.1) is 0 Å². The fourth-order valence-corrected chi connectivity index (χ4v) is 2.94. The van der Waals surface area contributed by atoms with Crippen LogP contribution in [0.15, 0.2) is 91.6 Å². The van der Waals surface area contributed by atoms with E-state index in [2.05, 4.69) is 42.7 Å². The smallest absolute Gasteiger partial charge is 0.118 e. The van der Waals surface area contributed by atoms with Crippen molar-refractivity contribution >= 4 is 0 Å². The molecule has 0 radical (unpaired) electrons. The number of benzene rings is 2. The van der Waals surface area contributed by atoms with Gasteiger partial charge in [0.1, 0.15) is 5.75 Å². The van der Waals surface area contributed by atoms with Gasteiger partial charge in [0, 0.05) is 0 Å². The highest BCUT2D eigenvalue weighted by Gasteiger charge is 2.35. The van der Waals surface area contributed by atoms with Gasteiger partial charge >= 0.3 is 0 Å². The Morgan fingerprint density at radius 1 is 1.00 bits per heavy atom. The van der Waals surface area contributed by atoms with Crippen LogP contribution >= 0.6 is 0 Å². The summed E-state index contributed by atoms with van der Waals surface area (Å²) < 4.78 is 5.28. The second-order valence-corrected chi connectivity index (χ2v) is 5.16. The molecular weight excluding hydrogens is 282 g/mol. The van der Waals surface area contributed by atoms with E-state index >= 15 is 0 Å². The van der Waals surface area contributed by atoms with E-state index in [1.54, 1.807) is 13.2 Å². The first kappa shape index (κ1) is 16.8. The standard InChI is InChI=1S/C21H23NO/c1-5-10-17(6-2)21(22-3,18-11-8-7-9-12-18)19-13-15-20(23-4)16-14-19/h5-16,22H,1-2H2,3-4H3/b17-10+. The first-order valence-corrected chi connectivity index (χ1v) is 7.57.